The van der Waals surface area contributed by atoms with Crippen LogP contribution >= 0.6 is 8.58 Å². The average molecular weight is 298 g/mol. The molecule has 0 aromatic heterocycles. The average Bonchev–Trinajstić information content (AvgIpc) is 2.40. The lowest BCUT2D eigenvalue weighted by Crippen LogP contribution is -2.11. The summed E-state index contributed by atoms with van der Waals surface area (Å²) in [5, 5.41) is 1.19. The van der Waals surface area contributed by atoms with E-state index in [-0.39, 0.29) is 14.1 Å². The fourth-order valence-electron chi connectivity index (χ4n) is 2.82. The van der Waals surface area contributed by atoms with Gasteiger partial charge in [0.05, 0.1) is 0 Å². The lowest BCUT2D eigenvalue weighted by molar-refractivity contribution is 0.108. The molecule has 0 fully saturated rings. The summed E-state index contributed by atoms with van der Waals surface area (Å²) in [6.07, 6.45) is 0. The fraction of sp³-hybridized carbons (Fsp3) is 0.316. The van der Waals surface area contributed by atoms with E-state index in [0.717, 1.165) is 16.7 Å². The molecule has 2 aromatic carbocycles. The van der Waals surface area contributed by atoms with Crippen molar-refractivity contribution in [2.45, 2.75) is 41.5 Å². The van der Waals surface area contributed by atoms with Gasteiger partial charge in [0.1, 0.15) is 0 Å². The number of aryl methyl sites for hydroxylation is 4. The SMILES string of the molecule is Cc1cc(C)c(C(=O)Pc2c(C)cccc2C)c(C)c1C. The normalized spacial score (nSPS) is 11.3. The van der Waals surface area contributed by atoms with Crippen LogP contribution in [0.2, 0.25) is 0 Å². The predicted molar refractivity (Wildman–Crippen MR) is 93.6 cm³/mol. The molecular formula is C19H23OP. The van der Waals surface area contributed by atoms with Crippen LogP contribution in [0.5, 0.6) is 0 Å². The Kier molecular flexibility index (Phi) is 4.64. The van der Waals surface area contributed by atoms with E-state index < -0.39 is 0 Å². The van der Waals surface area contributed by atoms with Crippen molar-refractivity contribution in [1.82, 2.24) is 0 Å². The maximum Gasteiger partial charge on any atom is 0.186 e. The topological polar surface area (TPSA) is 17.1 Å². The van der Waals surface area contributed by atoms with Crippen molar-refractivity contribution in [2.75, 3.05) is 0 Å². The Morgan fingerprint density at radius 3 is 1.95 bits per heavy atom. The second-order valence-electron chi connectivity index (χ2n) is 5.86. The first kappa shape index (κ1) is 15.9. The Labute approximate surface area is 129 Å². The molecule has 0 heterocycles. The van der Waals surface area contributed by atoms with Crippen LogP contribution in [-0.2, 0) is 0 Å². The Morgan fingerprint density at radius 1 is 0.810 bits per heavy atom. The van der Waals surface area contributed by atoms with Crippen molar-refractivity contribution in [1.29, 1.82) is 0 Å². The highest BCUT2D eigenvalue weighted by molar-refractivity contribution is 7.66. The smallest absolute Gasteiger partial charge is 0.186 e. The molecule has 0 saturated carbocycles. The van der Waals surface area contributed by atoms with Crippen LogP contribution in [0.3, 0.4) is 0 Å². The molecular weight excluding hydrogens is 275 g/mol. The summed E-state index contributed by atoms with van der Waals surface area (Å²) in [5.41, 5.74) is 8.31. The van der Waals surface area contributed by atoms with Crippen LogP contribution in [-0.4, -0.2) is 5.52 Å². The van der Waals surface area contributed by atoms with E-state index in [4.69, 9.17) is 0 Å². The Hall–Kier alpha value is -1.46. The molecule has 0 amide bonds. The summed E-state index contributed by atoms with van der Waals surface area (Å²) in [6, 6.07) is 8.35. The van der Waals surface area contributed by atoms with E-state index in [9.17, 15) is 4.79 Å². The van der Waals surface area contributed by atoms with Gasteiger partial charge < -0.3 is 0 Å². The third kappa shape index (κ3) is 3.09. The van der Waals surface area contributed by atoms with Crippen molar-refractivity contribution < 1.29 is 4.79 Å². The largest absolute Gasteiger partial charge is 0.289 e. The highest BCUT2D eigenvalue weighted by Gasteiger charge is 2.17. The van der Waals surface area contributed by atoms with Gasteiger partial charge in [0.25, 0.3) is 0 Å². The zero-order valence-corrected chi connectivity index (χ0v) is 14.7. The monoisotopic (exact) mass is 298 g/mol. The van der Waals surface area contributed by atoms with Gasteiger partial charge in [-0.25, -0.2) is 0 Å². The molecule has 0 N–H and O–H groups in total. The van der Waals surface area contributed by atoms with Gasteiger partial charge >= 0.3 is 0 Å². The Bertz CT molecular complexity index is 694. The van der Waals surface area contributed by atoms with Crippen molar-refractivity contribution in [2.24, 2.45) is 0 Å². The molecule has 0 saturated heterocycles. The molecule has 1 atom stereocenters. The summed E-state index contributed by atoms with van der Waals surface area (Å²) in [4.78, 5) is 12.8. The number of rotatable bonds is 3. The number of benzene rings is 2. The molecule has 0 aliphatic carbocycles. The van der Waals surface area contributed by atoms with Crippen molar-refractivity contribution in [3.8, 4) is 0 Å². The Morgan fingerprint density at radius 2 is 1.38 bits per heavy atom. The molecule has 2 rings (SSSR count). The number of carbonyl (C=O) groups is 1. The fourth-order valence-corrected chi connectivity index (χ4v) is 4.12. The molecule has 0 radical (unpaired) electrons. The molecule has 21 heavy (non-hydrogen) atoms. The standard InChI is InChI=1S/C19H23OP/c1-11-8-7-9-12(2)18(11)21-19(20)17-14(4)10-13(3)15(5)16(17)6/h7-10,21H,1-6H3. The first-order chi connectivity index (χ1) is 9.82. The molecule has 2 aromatic rings. The van der Waals surface area contributed by atoms with Gasteiger partial charge in [-0.15, -0.1) is 0 Å². The van der Waals surface area contributed by atoms with E-state index in [1.807, 2.05) is 6.92 Å². The molecule has 1 nitrogen and oxygen atoms in total. The maximum atomic E-state index is 12.8. The van der Waals surface area contributed by atoms with Crippen molar-refractivity contribution in [3.63, 3.8) is 0 Å². The first-order valence-corrected chi connectivity index (χ1v) is 8.28. The minimum Gasteiger partial charge on any atom is -0.289 e. The van der Waals surface area contributed by atoms with E-state index in [1.165, 1.54) is 27.6 Å². The summed E-state index contributed by atoms with van der Waals surface area (Å²) >= 11 is 0. The van der Waals surface area contributed by atoms with Gasteiger partial charge in [-0.05, 0) is 88.8 Å². The second-order valence-corrected chi connectivity index (χ2v) is 7.06. The third-order valence-corrected chi connectivity index (χ3v) is 5.82. The van der Waals surface area contributed by atoms with Gasteiger partial charge in [0.15, 0.2) is 5.52 Å². The number of hydrogen-bond acceptors (Lipinski definition) is 1. The van der Waals surface area contributed by atoms with Crippen LogP contribution in [0.15, 0.2) is 24.3 Å². The molecule has 0 spiro atoms. The zero-order valence-electron chi connectivity index (χ0n) is 13.7. The highest BCUT2D eigenvalue weighted by atomic mass is 31.1. The third-order valence-electron chi connectivity index (χ3n) is 4.30. The van der Waals surface area contributed by atoms with E-state index in [2.05, 4.69) is 58.9 Å². The summed E-state index contributed by atoms with van der Waals surface area (Å²) in [5.74, 6) is 0. The molecule has 0 aliphatic rings. The van der Waals surface area contributed by atoms with E-state index in [0.29, 0.717) is 0 Å². The maximum absolute atomic E-state index is 12.8. The molecule has 0 bridgehead atoms. The van der Waals surface area contributed by atoms with Crippen molar-refractivity contribution in [3.05, 3.63) is 63.2 Å². The number of hydrogen-bond donors (Lipinski definition) is 0. The Balaban J connectivity index is 2.45. The summed E-state index contributed by atoms with van der Waals surface area (Å²) < 4.78 is 0. The predicted octanol–water partition coefficient (Wildman–Crippen LogP) is 4.68. The second kappa shape index (κ2) is 6.12. The van der Waals surface area contributed by atoms with Gasteiger partial charge in [0, 0.05) is 5.56 Å². The van der Waals surface area contributed by atoms with Crippen LogP contribution in [0.1, 0.15) is 43.7 Å². The highest BCUT2D eigenvalue weighted by Crippen LogP contribution is 2.29. The molecule has 0 aliphatic heterocycles. The summed E-state index contributed by atoms with van der Waals surface area (Å²) in [7, 11) is 0.200. The minimum absolute atomic E-state index is 0.200. The van der Waals surface area contributed by atoms with E-state index >= 15 is 0 Å². The molecule has 2 heteroatoms. The van der Waals surface area contributed by atoms with E-state index in [1.54, 1.807) is 0 Å². The minimum atomic E-state index is 0.200. The van der Waals surface area contributed by atoms with Crippen molar-refractivity contribution >= 4 is 19.4 Å². The van der Waals surface area contributed by atoms with Crippen LogP contribution in [0.25, 0.3) is 0 Å². The van der Waals surface area contributed by atoms with Crippen LogP contribution < -0.4 is 5.30 Å². The first-order valence-electron chi connectivity index (χ1n) is 7.28. The zero-order chi connectivity index (χ0) is 15.7. The van der Waals surface area contributed by atoms with Crippen LogP contribution in [0, 0.1) is 41.5 Å². The molecule has 110 valence electrons. The lowest BCUT2D eigenvalue weighted by Gasteiger charge is -2.15. The van der Waals surface area contributed by atoms with Gasteiger partial charge in [-0.3, -0.25) is 4.79 Å². The molecule has 1 unspecified atom stereocenters. The van der Waals surface area contributed by atoms with Gasteiger partial charge in [-0.1, -0.05) is 24.3 Å². The lowest BCUT2D eigenvalue weighted by atomic mass is 9.95. The van der Waals surface area contributed by atoms with Gasteiger partial charge in [-0.2, -0.15) is 0 Å². The quantitative estimate of drug-likeness (QED) is 0.752. The van der Waals surface area contributed by atoms with Crippen LogP contribution in [0.4, 0.5) is 0 Å². The summed E-state index contributed by atoms with van der Waals surface area (Å²) in [6.45, 7) is 12.5. The van der Waals surface area contributed by atoms with Gasteiger partial charge in [0.2, 0.25) is 0 Å². The number of carbonyl (C=O) groups excluding carboxylic acids is 1.